The third-order valence-electron chi connectivity index (χ3n) is 5.64. The lowest BCUT2D eigenvalue weighted by Crippen LogP contribution is -2.28. The van der Waals surface area contributed by atoms with E-state index < -0.39 is 10.0 Å². The predicted molar refractivity (Wildman–Crippen MR) is 135 cm³/mol. The average Bonchev–Trinajstić information content (AvgIpc) is 2.70. The molecular formula is C25H50O2S2. The third kappa shape index (κ3) is 18.6. The van der Waals surface area contributed by atoms with Gasteiger partial charge >= 0.3 is 5.97 Å². The van der Waals surface area contributed by atoms with Crippen LogP contribution < -0.4 is 0 Å². The van der Waals surface area contributed by atoms with Crippen molar-refractivity contribution >= 4 is 29.5 Å². The molecule has 4 heteroatoms. The van der Waals surface area contributed by atoms with Crippen molar-refractivity contribution in [2.24, 2.45) is 0 Å². The normalized spacial score (nSPS) is 11.8. The molecule has 0 fully saturated rings. The minimum Gasteiger partial charge on any atom is -0.480 e. The van der Waals surface area contributed by atoms with E-state index in [-0.39, 0.29) is 0 Å². The van der Waals surface area contributed by atoms with E-state index >= 15 is 0 Å². The Balaban J connectivity index is 3.65. The van der Waals surface area contributed by atoms with E-state index in [1.165, 1.54) is 103 Å². The summed E-state index contributed by atoms with van der Waals surface area (Å²) in [5.41, 5.74) is 0. The quantitative estimate of drug-likeness (QED) is 0.125. The number of carboxylic acids is 1. The number of thioether (sulfide) groups is 2. The summed E-state index contributed by atoms with van der Waals surface area (Å²) in [7, 11) is 0. The van der Waals surface area contributed by atoms with Gasteiger partial charge in [-0.3, -0.25) is 0 Å². The first kappa shape index (κ1) is 29.2. The minimum absolute atomic E-state index is 0.653. The van der Waals surface area contributed by atoms with Crippen molar-refractivity contribution in [3.8, 4) is 0 Å². The Hall–Kier alpha value is 0.170. The zero-order chi connectivity index (χ0) is 21.6. The van der Waals surface area contributed by atoms with Crippen LogP contribution in [0, 0.1) is 0 Å². The molecule has 174 valence electrons. The van der Waals surface area contributed by atoms with Gasteiger partial charge in [-0.05, 0) is 31.3 Å². The fourth-order valence-electron chi connectivity index (χ4n) is 3.52. The Kier molecular flexibility index (Phi) is 21.5. The summed E-state index contributed by atoms with van der Waals surface area (Å²) >= 11 is 3.30. The largest absolute Gasteiger partial charge is 0.480 e. The molecule has 0 bridgehead atoms. The van der Waals surface area contributed by atoms with Crippen LogP contribution in [0.5, 0.6) is 0 Å². The van der Waals surface area contributed by atoms with Gasteiger partial charge in [-0.25, -0.2) is 4.79 Å². The van der Waals surface area contributed by atoms with Crippen LogP contribution >= 0.6 is 23.5 Å². The number of aliphatic carboxylic acids is 1. The highest BCUT2D eigenvalue weighted by Crippen LogP contribution is 2.38. The fraction of sp³-hybridized carbons (Fsp3) is 0.960. The summed E-state index contributed by atoms with van der Waals surface area (Å²) in [6.07, 6.45) is 23.8. The highest BCUT2D eigenvalue weighted by atomic mass is 32.2. The smallest absolute Gasteiger partial charge is 0.329 e. The molecule has 0 rings (SSSR count). The molecule has 0 saturated carbocycles. The zero-order valence-corrected chi connectivity index (χ0v) is 21.4. The molecule has 0 amide bonds. The van der Waals surface area contributed by atoms with Crippen molar-refractivity contribution in [1.82, 2.24) is 0 Å². The topological polar surface area (TPSA) is 37.3 Å². The Labute approximate surface area is 191 Å². The molecule has 0 aromatic heterocycles. The van der Waals surface area contributed by atoms with Gasteiger partial charge in [0.15, 0.2) is 4.08 Å². The summed E-state index contributed by atoms with van der Waals surface area (Å²) in [5, 5.41) is 9.68. The van der Waals surface area contributed by atoms with Gasteiger partial charge in [0.05, 0.1) is 0 Å². The van der Waals surface area contributed by atoms with Gasteiger partial charge in [0.2, 0.25) is 0 Å². The van der Waals surface area contributed by atoms with E-state index in [2.05, 4.69) is 13.8 Å². The molecule has 0 spiro atoms. The second-order valence-corrected chi connectivity index (χ2v) is 11.9. The van der Waals surface area contributed by atoms with E-state index in [4.69, 9.17) is 0 Å². The SMILES string of the molecule is CCCCCCCCCCCSC(C)(SCCCCCCCCCCC)C(=O)O. The summed E-state index contributed by atoms with van der Waals surface area (Å²) < 4.78 is -0.666. The highest BCUT2D eigenvalue weighted by Gasteiger charge is 2.33. The number of hydrogen-bond acceptors (Lipinski definition) is 3. The molecule has 0 aliphatic carbocycles. The van der Waals surface area contributed by atoms with Crippen LogP contribution in [0.1, 0.15) is 136 Å². The Morgan fingerprint density at radius 1 is 0.586 bits per heavy atom. The lowest BCUT2D eigenvalue weighted by atomic mass is 10.1. The average molecular weight is 447 g/mol. The van der Waals surface area contributed by atoms with Gasteiger partial charge in [0.25, 0.3) is 0 Å². The van der Waals surface area contributed by atoms with Gasteiger partial charge in [0, 0.05) is 0 Å². The first-order valence-corrected chi connectivity index (χ1v) is 14.5. The predicted octanol–water partition coefficient (Wildman–Crippen LogP) is 9.32. The van der Waals surface area contributed by atoms with Crippen LogP contribution in [0.25, 0.3) is 0 Å². The van der Waals surface area contributed by atoms with Gasteiger partial charge in [-0.2, -0.15) is 0 Å². The fourth-order valence-corrected chi connectivity index (χ4v) is 6.08. The van der Waals surface area contributed by atoms with Crippen molar-refractivity contribution < 1.29 is 9.90 Å². The second-order valence-electron chi connectivity index (χ2n) is 8.60. The standard InChI is InChI=1S/C25H50O2S2/c1-4-6-8-10-12-14-16-18-20-22-28-25(3,24(26)27)29-23-21-19-17-15-13-11-9-7-5-2/h4-23H2,1-3H3,(H,26,27). The maximum atomic E-state index is 11.8. The van der Waals surface area contributed by atoms with Crippen molar-refractivity contribution in [3.05, 3.63) is 0 Å². The third-order valence-corrected chi connectivity index (χ3v) is 8.78. The Bertz CT molecular complexity index is 337. The molecule has 0 heterocycles. The van der Waals surface area contributed by atoms with Crippen molar-refractivity contribution in [1.29, 1.82) is 0 Å². The van der Waals surface area contributed by atoms with Crippen molar-refractivity contribution in [2.75, 3.05) is 11.5 Å². The molecule has 0 unspecified atom stereocenters. The molecule has 0 atom stereocenters. The Morgan fingerprint density at radius 2 is 0.862 bits per heavy atom. The first-order chi connectivity index (χ1) is 14.1. The van der Waals surface area contributed by atoms with E-state index in [1.807, 2.05) is 6.92 Å². The van der Waals surface area contributed by atoms with Gasteiger partial charge in [-0.15, -0.1) is 23.5 Å². The molecule has 0 aromatic rings. The number of carboxylic acid groups (broad SMARTS) is 1. The molecule has 1 N–H and O–H groups in total. The van der Waals surface area contributed by atoms with Crippen LogP contribution in [0.3, 0.4) is 0 Å². The summed E-state index contributed by atoms with van der Waals surface area (Å²) in [6.45, 7) is 6.43. The van der Waals surface area contributed by atoms with Crippen LogP contribution in [0.4, 0.5) is 0 Å². The van der Waals surface area contributed by atoms with E-state index in [0.717, 1.165) is 24.3 Å². The number of rotatable bonds is 23. The first-order valence-electron chi connectivity index (χ1n) is 12.6. The van der Waals surface area contributed by atoms with Gasteiger partial charge in [0.1, 0.15) is 0 Å². The molecule has 2 nitrogen and oxygen atoms in total. The second kappa shape index (κ2) is 21.4. The van der Waals surface area contributed by atoms with Gasteiger partial charge < -0.3 is 5.11 Å². The van der Waals surface area contributed by atoms with Crippen LogP contribution in [-0.4, -0.2) is 26.7 Å². The molecule has 0 aromatic carbocycles. The molecular weight excluding hydrogens is 396 g/mol. The molecule has 0 aliphatic rings. The summed E-state index contributed by atoms with van der Waals surface area (Å²) in [4.78, 5) is 11.8. The lowest BCUT2D eigenvalue weighted by molar-refractivity contribution is -0.136. The maximum absolute atomic E-state index is 11.8. The monoisotopic (exact) mass is 446 g/mol. The summed E-state index contributed by atoms with van der Waals surface area (Å²) in [6, 6.07) is 0. The highest BCUT2D eigenvalue weighted by molar-refractivity contribution is 8.19. The molecule has 0 aliphatic heterocycles. The molecule has 0 radical (unpaired) electrons. The summed E-state index contributed by atoms with van der Waals surface area (Å²) in [5.74, 6) is 1.30. The minimum atomic E-state index is -0.666. The van der Waals surface area contributed by atoms with E-state index in [0.29, 0.717) is 0 Å². The van der Waals surface area contributed by atoms with E-state index in [9.17, 15) is 9.90 Å². The molecule has 29 heavy (non-hydrogen) atoms. The van der Waals surface area contributed by atoms with Crippen LogP contribution in [0.2, 0.25) is 0 Å². The zero-order valence-electron chi connectivity index (χ0n) is 19.8. The van der Waals surface area contributed by atoms with Gasteiger partial charge in [-0.1, -0.05) is 117 Å². The maximum Gasteiger partial charge on any atom is 0.329 e. The molecule has 0 saturated heterocycles. The lowest BCUT2D eigenvalue weighted by Gasteiger charge is -2.23. The van der Waals surface area contributed by atoms with Crippen molar-refractivity contribution in [2.45, 2.75) is 140 Å². The van der Waals surface area contributed by atoms with Crippen LogP contribution in [-0.2, 0) is 4.79 Å². The number of unbranched alkanes of at least 4 members (excludes halogenated alkanes) is 16. The van der Waals surface area contributed by atoms with E-state index in [1.54, 1.807) is 23.5 Å². The van der Waals surface area contributed by atoms with Crippen molar-refractivity contribution in [3.63, 3.8) is 0 Å². The van der Waals surface area contributed by atoms with Crippen LogP contribution in [0.15, 0.2) is 0 Å². The Morgan fingerprint density at radius 3 is 1.14 bits per heavy atom. The number of hydrogen-bond donors (Lipinski definition) is 1. The number of carbonyl (C=O) groups is 1.